The molecule has 0 aromatic carbocycles. The number of likely N-dealkylation sites (N-methyl/N-ethyl adjacent to an activating group) is 1. The molecule has 6 heteroatoms. The van der Waals surface area contributed by atoms with Gasteiger partial charge >= 0.3 is 0 Å². The predicted molar refractivity (Wildman–Crippen MR) is 93.4 cm³/mol. The fourth-order valence-corrected chi connectivity index (χ4v) is 3.83. The van der Waals surface area contributed by atoms with Gasteiger partial charge in [-0.25, -0.2) is 0 Å². The fraction of sp³-hybridized carbons (Fsp3) is 0.647. The Labute approximate surface area is 142 Å². The summed E-state index contributed by atoms with van der Waals surface area (Å²) in [5.41, 5.74) is 1.22. The van der Waals surface area contributed by atoms with E-state index in [1.807, 2.05) is 5.38 Å². The van der Waals surface area contributed by atoms with Crippen molar-refractivity contribution < 1.29 is 9.59 Å². The van der Waals surface area contributed by atoms with Crippen molar-refractivity contribution in [2.75, 3.05) is 26.7 Å². The smallest absolute Gasteiger partial charge is 0.233 e. The highest BCUT2D eigenvalue weighted by atomic mass is 32.1. The second kappa shape index (κ2) is 8.45. The number of aryl methyl sites for hydroxylation is 1. The predicted octanol–water partition coefficient (Wildman–Crippen LogP) is 1.50. The van der Waals surface area contributed by atoms with Gasteiger partial charge in [0.1, 0.15) is 0 Å². The van der Waals surface area contributed by atoms with Crippen LogP contribution in [-0.4, -0.2) is 49.4 Å². The zero-order valence-corrected chi connectivity index (χ0v) is 15.0. The van der Waals surface area contributed by atoms with E-state index in [9.17, 15) is 9.59 Å². The summed E-state index contributed by atoms with van der Waals surface area (Å²) < 4.78 is 0. The van der Waals surface area contributed by atoms with E-state index in [2.05, 4.69) is 40.8 Å². The van der Waals surface area contributed by atoms with Crippen LogP contribution in [0, 0.1) is 11.8 Å². The molecule has 2 unspecified atom stereocenters. The number of thiophene rings is 1. The van der Waals surface area contributed by atoms with Crippen LogP contribution < -0.4 is 10.6 Å². The Bertz CT molecular complexity index is 516. The number of nitrogens with one attached hydrogen (secondary N) is 2. The van der Waals surface area contributed by atoms with Crippen molar-refractivity contribution in [3.05, 3.63) is 22.4 Å². The van der Waals surface area contributed by atoms with Gasteiger partial charge in [0, 0.05) is 32.6 Å². The average Bonchev–Trinajstić information content (AvgIpc) is 3.14. The molecule has 0 aliphatic carbocycles. The van der Waals surface area contributed by atoms with Crippen LogP contribution in [0.5, 0.6) is 0 Å². The van der Waals surface area contributed by atoms with Crippen LogP contribution >= 0.6 is 11.3 Å². The molecule has 128 valence electrons. The summed E-state index contributed by atoms with van der Waals surface area (Å²) in [6.45, 7) is 6.37. The molecule has 1 aromatic heterocycles. The standard InChI is InChI=1S/C17H27N3O2S/c1-12(2)14-8-20(10-17(22)18-3)9-15(14)19-16(21)5-4-13-6-7-23-11-13/h6-7,11-12,14-15H,4-5,8-10H2,1-3H3,(H,18,22)(H,19,21). The number of carbonyl (C=O) groups is 2. The van der Waals surface area contributed by atoms with Crippen LogP contribution in [0.2, 0.25) is 0 Å². The summed E-state index contributed by atoms with van der Waals surface area (Å²) in [5.74, 6) is 1.00. The first-order valence-corrected chi connectivity index (χ1v) is 9.17. The van der Waals surface area contributed by atoms with E-state index in [1.165, 1.54) is 5.56 Å². The average molecular weight is 337 g/mol. The molecule has 1 fully saturated rings. The Balaban J connectivity index is 1.85. The lowest BCUT2D eigenvalue weighted by molar-refractivity contribution is -0.122. The lowest BCUT2D eigenvalue weighted by Crippen LogP contribution is -2.42. The first-order chi connectivity index (χ1) is 11.0. The maximum absolute atomic E-state index is 12.2. The van der Waals surface area contributed by atoms with Crippen LogP contribution in [-0.2, 0) is 16.0 Å². The van der Waals surface area contributed by atoms with Crippen LogP contribution in [0.3, 0.4) is 0 Å². The van der Waals surface area contributed by atoms with Crippen LogP contribution in [0.25, 0.3) is 0 Å². The van der Waals surface area contributed by atoms with E-state index >= 15 is 0 Å². The molecule has 2 rings (SSSR count). The summed E-state index contributed by atoms with van der Waals surface area (Å²) in [5, 5.41) is 9.97. The van der Waals surface area contributed by atoms with Crippen molar-refractivity contribution in [2.45, 2.75) is 32.7 Å². The normalized spacial score (nSPS) is 21.6. The van der Waals surface area contributed by atoms with E-state index in [4.69, 9.17) is 0 Å². The molecule has 0 spiro atoms. The second-order valence-electron chi connectivity index (χ2n) is 6.58. The Morgan fingerprint density at radius 1 is 1.35 bits per heavy atom. The molecule has 1 aliphatic heterocycles. The van der Waals surface area contributed by atoms with Gasteiger partial charge in [-0.1, -0.05) is 13.8 Å². The summed E-state index contributed by atoms with van der Waals surface area (Å²) in [6, 6.07) is 2.20. The van der Waals surface area contributed by atoms with Gasteiger partial charge in [0.25, 0.3) is 0 Å². The topological polar surface area (TPSA) is 61.4 Å². The highest BCUT2D eigenvalue weighted by Crippen LogP contribution is 2.24. The van der Waals surface area contributed by atoms with E-state index < -0.39 is 0 Å². The number of likely N-dealkylation sites (tertiary alicyclic amines) is 1. The third kappa shape index (κ3) is 5.32. The highest BCUT2D eigenvalue weighted by molar-refractivity contribution is 7.07. The van der Waals surface area contributed by atoms with Crippen molar-refractivity contribution in [3.8, 4) is 0 Å². The van der Waals surface area contributed by atoms with Gasteiger partial charge in [-0.15, -0.1) is 0 Å². The minimum absolute atomic E-state index is 0.0249. The summed E-state index contributed by atoms with van der Waals surface area (Å²) >= 11 is 1.66. The monoisotopic (exact) mass is 337 g/mol. The Kier molecular flexibility index (Phi) is 6.59. The van der Waals surface area contributed by atoms with Crippen molar-refractivity contribution in [1.82, 2.24) is 15.5 Å². The molecule has 23 heavy (non-hydrogen) atoms. The minimum atomic E-state index is 0.0249. The number of carbonyl (C=O) groups excluding carboxylic acids is 2. The SMILES string of the molecule is CNC(=O)CN1CC(NC(=O)CCc2ccsc2)C(C(C)C)C1. The summed E-state index contributed by atoms with van der Waals surface area (Å²) in [6.07, 6.45) is 1.31. The zero-order valence-electron chi connectivity index (χ0n) is 14.2. The Hall–Kier alpha value is -1.40. The molecule has 1 saturated heterocycles. The van der Waals surface area contributed by atoms with Gasteiger partial charge in [0.05, 0.1) is 6.54 Å². The molecular formula is C17H27N3O2S. The second-order valence-corrected chi connectivity index (χ2v) is 7.36. The van der Waals surface area contributed by atoms with Crippen molar-refractivity contribution in [3.63, 3.8) is 0 Å². The number of rotatable bonds is 7. The largest absolute Gasteiger partial charge is 0.358 e. The first kappa shape index (κ1) is 17.9. The molecule has 0 radical (unpaired) electrons. The summed E-state index contributed by atoms with van der Waals surface area (Å²) in [4.78, 5) is 25.9. The van der Waals surface area contributed by atoms with Crippen LogP contribution in [0.4, 0.5) is 0 Å². The van der Waals surface area contributed by atoms with Gasteiger partial charge in [-0.05, 0) is 40.6 Å². The third-order valence-corrected chi connectivity index (χ3v) is 5.24. The van der Waals surface area contributed by atoms with E-state index in [0.717, 1.165) is 19.5 Å². The maximum Gasteiger partial charge on any atom is 0.233 e. The molecule has 5 nitrogen and oxygen atoms in total. The first-order valence-electron chi connectivity index (χ1n) is 8.23. The van der Waals surface area contributed by atoms with Crippen LogP contribution in [0.15, 0.2) is 16.8 Å². The molecule has 1 aliphatic rings. The fourth-order valence-electron chi connectivity index (χ4n) is 3.12. The summed E-state index contributed by atoms with van der Waals surface area (Å²) in [7, 11) is 1.65. The lowest BCUT2D eigenvalue weighted by atomic mass is 9.91. The van der Waals surface area contributed by atoms with Crippen LogP contribution in [0.1, 0.15) is 25.8 Å². The molecule has 2 atom stereocenters. The van der Waals surface area contributed by atoms with Crippen molar-refractivity contribution in [1.29, 1.82) is 0 Å². The number of amides is 2. The highest BCUT2D eigenvalue weighted by Gasteiger charge is 2.35. The molecule has 0 saturated carbocycles. The quantitative estimate of drug-likeness (QED) is 0.793. The van der Waals surface area contributed by atoms with Gasteiger partial charge in [0.15, 0.2) is 0 Å². The Morgan fingerprint density at radius 3 is 2.74 bits per heavy atom. The Morgan fingerprint density at radius 2 is 2.13 bits per heavy atom. The van der Waals surface area contributed by atoms with E-state index in [-0.39, 0.29) is 17.9 Å². The van der Waals surface area contributed by atoms with Gasteiger partial charge < -0.3 is 10.6 Å². The third-order valence-electron chi connectivity index (χ3n) is 4.51. The zero-order chi connectivity index (χ0) is 16.8. The van der Waals surface area contributed by atoms with Crippen molar-refractivity contribution in [2.24, 2.45) is 11.8 Å². The van der Waals surface area contributed by atoms with Gasteiger partial charge in [0.2, 0.25) is 11.8 Å². The molecule has 0 bridgehead atoms. The van der Waals surface area contributed by atoms with E-state index in [0.29, 0.717) is 24.8 Å². The number of hydrogen-bond acceptors (Lipinski definition) is 4. The van der Waals surface area contributed by atoms with E-state index in [1.54, 1.807) is 18.4 Å². The van der Waals surface area contributed by atoms with Gasteiger partial charge in [-0.3, -0.25) is 14.5 Å². The molecule has 1 aromatic rings. The number of hydrogen-bond donors (Lipinski definition) is 2. The molecule has 2 N–H and O–H groups in total. The number of nitrogens with zero attached hydrogens (tertiary/aromatic N) is 1. The maximum atomic E-state index is 12.2. The minimum Gasteiger partial charge on any atom is -0.358 e. The lowest BCUT2D eigenvalue weighted by Gasteiger charge is -2.23. The molecule has 2 heterocycles. The molecular weight excluding hydrogens is 310 g/mol. The van der Waals surface area contributed by atoms with Crippen molar-refractivity contribution >= 4 is 23.2 Å². The van der Waals surface area contributed by atoms with Gasteiger partial charge in [-0.2, -0.15) is 11.3 Å². The molecule has 2 amide bonds.